The number of ether oxygens (including phenoxy) is 1. The minimum Gasteiger partial charge on any atom is -0.480 e. The van der Waals surface area contributed by atoms with E-state index in [1.54, 1.807) is 0 Å². The average molecular weight is 280 g/mol. The van der Waals surface area contributed by atoms with E-state index in [0.29, 0.717) is 19.7 Å². The lowest BCUT2D eigenvalue weighted by molar-refractivity contribution is -0.141. The molecule has 1 aromatic carbocycles. The van der Waals surface area contributed by atoms with Gasteiger partial charge < -0.3 is 15.2 Å². The molecule has 0 aromatic heterocycles. The minimum absolute atomic E-state index is 0.105. The van der Waals surface area contributed by atoms with Crippen LogP contribution in [0.5, 0.6) is 0 Å². The molecule has 6 nitrogen and oxygen atoms in total. The van der Waals surface area contributed by atoms with Crippen molar-refractivity contribution in [1.82, 2.24) is 10.6 Å². The number of nitrogens with one attached hydrogen (secondary N) is 2. The van der Waals surface area contributed by atoms with Crippen molar-refractivity contribution in [3.63, 3.8) is 0 Å². The molecule has 0 spiro atoms. The molecule has 6 heteroatoms. The third-order valence-corrected chi connectivity index (χ3v) is 2.71. The Morgan fingerprint density at radius 2 is 2.00 bits per heavy atom. The van der Waals surface area contributed by atoms with Crippen LogP contribution in [0.1, 0.15) is 12.0 Å². The monoisotopic (exact) mass is 280 g/mol. The third-order valence-electron chi connectivity index (χ3n) is 2.71. The summed E-state index contributed by atoms with van der Waals surface area (Å²) in [6.45, 7) is 1.18. The Bertz CT molecular complexity index is 422. The maximum atomic E-state index is 11.6. The van der Waals surface area contributed by atoms with E-state index >= 15 is 0 Å². The molecular weight excluding hydrogens is 260 g/mol. The second-order valence-corrected chi connectivity index (χ2v) is 4.30. The van der Waals surface area contributed by atoms with Crippen LogP contribution < -0.4 is 10.6 Å². The van der Waals surface area contributed by atoms with Gasteiger partial charge in [0.05, 0.1) is 13.0 Å². The predicted octanol–water partition coefficient (Wildman–Crippen LogP) is 0.382. The second kappa shape index (κ2) is 9.06. The van der Waals surface area contributed by atoms with Gasteiger partial charge in [0.15, 0.2) is 0 Å². The van der Waals surface area contributed by atoms with Crippen LogP contribution in [0.2, 0.25) is 0 Å². The Hall–Kier alpha value is -1.92. The summed E-state index contributed by atoms with van der Waals surface area (Å²) in [4.78, 5) is 22.7. The second-order valence-electron chi connectivity index (χ2n) is 4.30. The Kier molecular flexibility index (Phi) is 7.31. The van der Waals surface area contributed by atoms with Crippen molar-refractivity contribution < 1.29 is 19.4 Å². The number of carboxylic acid groups (broad SMARTS) is 1. The molecule has 0 bridgehead atoms. The number of hydrogen-bond donors (Lipinski definition) is 3. The fourth-order valence-corrected chi connectivity index (χ4v) is 1.63. The molecule has 110 valence electrons. The topological polar surface area (TPSA) is 87.7 Å². The lowest BCUT2D eigenvalue weighted by Crippen LogP contribution is -2.41. The van der Waals surface area contributed by atoms with Crippen molar-refractivity contribution in [2.45, 2.75) is 19.0 Å². The van der Waals surface area contributed by atoms with Gasteiger partial charge in [-0.25, -0.2) is 0 Å². The number of rotatable bonds is 9. The Labute approximate surface area is 118 Å². The zero-order valence-corrected chi connectivity index (χ0v) is 11.5. The molecule has 1 rings (SSSR count). The van der Waals surface area contributed by atoms with E-state index < -0.39 is 12.0 Å². The normalized spacial score (nSPS) is 11.8. The van der Waals surface area contributed by atoms with Crippen molar-refractivity contribution in [3.05, 3.63) is 35.9 Å². The maximum Gasteiger partial charge on any atom is 0.321 e. The van der Waals surface area contributed by atoms with Crippen molar-refractivity contribution >= 4 is 11.9 Å². The number of carbonyl (C=O) groups excluding carboxylic acids is 1. The van der Waals surface area contributed by atoms with Gasteiger partial charge in [-0.15, -0.1) is 0 Å². The Balaban J connectivity index is 2.40. The van der Waals surface area contributed by atoms with Gasteiger partial charge in [0.2, 0.25) is 5.91 Å². The molecule has 0 heterocycles. The summed E-state index contributed by atoms with van der Waals surface area (Å²) in [7, 11) is 1.54. The molecule has 1 aromatic rings. The summed E-state index contributed by atoms with van der Waals surface area (Å²) >= 11 is 0. The van der Waals surface area contributed by atoms with Gasteiger partial charge in [-0.05, 0) is 5.56 Å². The molecule has 3 N–H and O–H groups in total. The molecule has 0 aliphatic rings. The standard InChI is InChI=1S/C14H20N2O4/c1-20-8-7-15-13(17)9-12(14(18)19)16-10-11-5-3-2-4-6-11/h2-6,12,16H,7-10H2,1H3,(H,15,17)(H,18,19)/t12-/m0/s1. The van der Waals surface area contributed by atoms with Crippen LogP contribution in [-0.2, 0) is 20.9 Å². The van der Waals surface area contributed by atoms with Crippen LogP contribution >= 0.6 is 0 Å². The van der Waals surface area contributed by atoms with Gasteiger partial charge in [0.1, 0.15) is 6.04 Å². The lowest BCUT2D eigenvalue weighted by Gasteiger charge is -2.14. The van der Waals surface area contributed by atoms with Crippen LogP contribution in [0.25, 0.3) is 0 Å². The summed E-state index contributed by atoms with van der Waals surface area (Å²) in [5, 5.41) is 14.6. The van der Waals surface area contributed by atoms with Crippen LogP contribution in [0.4, 0.5) is 0 Å². The first kappa shape index (κ1) is 16.1. The summed E-state index contributed by atoms with van der Waals surface area (Å²) in [5.41, 5.74) is 0.971. The molecule has 0 saturated carbocycles. The highest BCUT2D eigenvalue weighted by Gasteiger charge is 2.20. The summed E-state index contributed by atoms with van der Waals surface area (Å²) in [6, 6.07) is 8.53. The zero-order valence-electron chi connectivity index (χ0n) is 11.5. The largest absolute Gasteiger partial charge is 0.480 e. The number of aliphatic carboxylic acids is 1. The molecule has 0 radical (unpaired) electrons. The first-order valence-corrected chi connectivity index (χ1v) is 6.39. The third kappa shape index (κ3) is 6.31. The van der Waals surface area contributed by atoms with E-state index in [1.165, 1.54) is 7.11 Å². The number of amides is 1. The van der Waals surface area contributed by atoms with E-state index in [0.717, 1.165) is 5.56 Å². The molecule has 0 fully saturated rings. The summed E-state index contributed by atoms with van der Waals surface area (Å²) in [5.74, 6) is -1.35. The summed E-state index contributed by atoms with van der Waals surface area (Å²) in [6.07, 6.45) is -0.105. The van der Waals surface area contributed by atoms with E-state index in [2.05, 4.69) is 10.6 Å². The van der Waals surface area contributed by atoms with Gasteiger partial charge in [-0.1, -0.05) is 30.3 Å². The minimum atomic E-state index is -1.04. The Morgan fingerprint density at radius 1 is 1.30 bits per heavy atom. The predicted molar refractivity (Wildman–Crippen MR) is 74.2 cm³/mol. The molecule has 0 saturated heterocycles. The van der Waals surface area contributed by atoms with E-state index in [1.807, 2.05) is 30.3 Å². The average Bonchev–Trinajstić information content (AvgIpc) is 2.44. The van der Waals surface area contributed by atoms with E-state index in [9.17, 15) is 9.59 Å². The number of methoxy groups -OCH3 is 1. The van der Waals surface area contributed by atoms with Crippen molar-refractivity contribution in [2.75, 3.05) is 20.3 Å². The molecule has 0 unspecified atom stereocenters. The van der Waals surface area contributed by atoms with Crippen LogP contribution in [0, 0.1) is 0 Å². The van der Waals surface area contributed by atoms with Gasteiger partial charge >= 0.3 is 5.97 Å². The zero-order chi connectivity index (χ0) is 14.8. The first-order valence-electron chi connectivity index (χ1n) is 6.39. The van der Waals surface area contributed by atoms with E-state index in [4.69, 9.17) is 9.84 Å². The SMILES string of the molecule is COCCNC(=O)C[C@H](NCc1ccccc1)C(=O)O. The molecule has 0 aliphatic carbocycles. The first-order chi connectivity index (χ1) is 9.63. The van der Waals surface area contributed by atoms with Crippen molar-refractivity contribution in [2.24, 2.45) is 0 Å². The maximum absolute atomic E-state index is 11.6. The molecular formula is C14H20N2O4. The summed E-state index contributed by atoms with van der Waals surface area (Å²) < 4.78 is 4.80. The van der Waals surface area contributed by atoms with Gasteiger partial charge in [0.25, 0.3) is 0 Å². The lowest BCUT2D eigenvalue weighted by atomic mass is 10.1. The quantitative estimate of drug-likeness (QED) is 0.569. The highest BCUT2D eigenvalue weighted by Crippen LogP contribution is 2.00. The van der Waals surface area contributed by atoms with Gasteiger partial charge in [-0.3, -0.25) is 14.9 Å². The highest BCUT2D eigenvalue weighted by molar-refractivity contribution is 5.84. The van der Waals surface area contributed by atoms with Gasteiger partial charge in [-0.2, -0.15) is 0 Å². The van der Waals surface area contributed by atoms with Crippen LogP contribution in [0.15, 0.2) is 30.3 Å². The van der Waals surface area contributed by atoms with Gasteiger partial charge in [0, 0.05) is 20.2 Å². The van der Waals surface area contributed by atoms with Crippen LogP contribution in [-0.4, -0.2) is 43.3 Å². The molecule has 0 aliphatic heterocycles. The molecule has 1 atom stereocenters. The van der Waals surface area contributed by atoms with Crippen molar-refractivity contribution in [3.8, 4) is 0 Å². The fraction of sp³-hybridized carbons (Fsp3) is 0.429. The number of carbonyl (C=O) groups is 2. The molecule has 1 amide bonds. The molecule has 20 heavy (non-hydrogen) atoms. The number of carboxylic acids is 1. The number of hydrogen-bond acceptors (Lipinski definition) is 4. The number of benzene rings is 1. The fourth-order valence-electron chi connectivity index (χ4n) is 1.63. The van der Waals surface area contributed by atoms with E-state index in [-0.39, 0.29) is 12.3 Å². The van der Waals surface area contributed by atoms with Crippen LogP contribution in [0.3, 0.4) is 0 Å². The highest BCUT2D eigenvalue weighted by atomic mass is 16.5. The smallest absolute Gasteiger partial charge is 0.321 e. The van der Waals surface area contributed by atoms with Crippen molar-refractivity contribution in [1.29, 1.82) is 0 Å². The Morgan fingerprint density at radius 3 is 2.60 bits per heavy atom.